The SMILES string of the molecule is CCCC[C@H]1C(=O)N(C)[C@@H](CCCC)C(=O)N[C@@H](CC(C)C)C(=O)N[C@H](C(=O)NCC(N)=O)CSCC(=O)N[C@@H](Cc2ccc(O)cc2)C(=O)N(C)[C@@H](C)C(=O)N[C@@H](CC(N)=O)C(=O)N2CCC[C@H]2C(=O)N[C@H](C)C(=O)N[C@@H](CCC(=O)O)C(=O)N2C[C@H](O)C[C@H]2C(=O)C[C@@H](Cc2c[nH]c3ccccc23)C(=O)N[C@@H](CCN)C(=O)N[C@@H](Cc2csc3ccccc23)C(=O)N1C. The first kappa shape index (κ1) is 103. The van der Waals surface area contributed by atoms with Crippen LogP contribution in [0.5, 0.6) is 5.75 Å². The number of carboxylic acids is 1. The molecule has 19 N–H and O–H groups in total. The number of unbranched alkanes of at least 4 members (excludes halogenated alkanes) is 2. The van der Waals surface area contributed by atoms with E-state index in [1.54, 1.807) is 50.4 Å². The third-order valence-electron chi connectivity index (χ3n) is 23.6. The van der Waals surface area contributed by atoms with Crippen molar-refractivity contribution in [3.05, 3.63) is 101 Å². The molecule has 0 bridgehead atoms. The molecular formula is C89H124N18O21S2. The van der Waals surface area contributed by atoms with Crippen molar-refractivity contribution in [1.29, 1.82) is 0 Å². The Hall–Kier alpha value is -12.1. The summed E-state index contributed by atoms with van der Waals surface area (Å²) >= 11 is 2.17. The molecule has 2 aromatic heterocycles. The lowest BCUT2D eigenvalue weighted by Crippen LogP contribution is -2.60. The van der Waals surface area contributed by atoms with Gasteiger partial charge >= 0.3 is 5.97 Å². The number of rotatable bonds is 24. The molecule has 39 nitrogen and oxygen atoms in total. The van der Waals surface area contributed by atoms with E-state index < -0.39 is 247 Å². The van der Waals surface area contributed by atoms with Crippen LogP contribution in [-0.2, 0) is 106 Å². The number of amides is 16. The van der Waals surface area contributed by atoms with Crippen LogP contribution < -0.4 is 65.1 Å². The molecule has 41 heteroatoms. The van der Waals surface area contributed by atoms with E-state index in [0.29, 0.717) is 53.3 Å². The minimum atomic E-state index is -1.77. The quantitative estimate of drug-likeness (QED) is 0.0384. The fourth-order valence-electron chi connectivity index (χ4n) is 16.2. The average Bonchev–Trinajstić information content (AvgIpc) is 1.77. The van der Waals surface area contributed by atoms with Crippen LogP contribution in [0.2, 0.25) is 0 Å². The molecule has 3 fully saturated rings. The molecular weight excluding hydrogens is 1720 g/mol. The van der Waals surface area contributed by atoms with Gasteiger partial charge in [-0.1, -0.05) is 102 Å². The van der Waals surface area contributed by atoms with E-state index in [9.17, 15) is 68.1 Å². The van der Waals surface area contributed by atoms with Gasteiger partial charge in [0.15, 0.2) is 5.78 Å². The highest BCUT2D eigenvalue weighted by Crippen LogP contribution is 2.31. The zero-order valence-corrected chi connectivity index (χ0v) is 76.4. The van der Waals surface area contributed by atoms with Gasteiger partial charge in [0.05, 0.1) is 30.9 Å². The topological polar surface area (TPSA) is 586 Å². The smallest absolute Gasteiger partial charge is 0.303 e. The zero-order valence-electron chi connectivity index (χ0n) is 74.8. The number of aliphatic carboxylic acids is 1. The van der Waals surface area contributed by atoms with Crippen molar-refractivity contribution in [3.8, 4) is 5.75 Å². The fourth-order valence-corrected chi connectivity index (χ4v) is 18.1. The number of Topliss-reactive ketones (excluding diaryl/α,β-unsaturated/α-hetero) is 1. The number of nitrogens with one attached hydrogen (secondary N) is 10. The standard InChI is InChI=1S/C89H124N18O21S2/c1-10-12-22-67-83(122)99-62(35-48(3)4)82(121)102-66(80(119)94-43-74(92)112)46-129-47-75(113)96-63(36-51-26-28-55(108)29-27-51)85(124)103(7)50(6)78(117)100-65(41-73(91)111)88(127)106-34-18-24-68(106)84(123)95-49(5)77(116)98-61(30-31-76(114)115)87(126)107-44-56(109)40-70(107)71(110)39-52(37-53-42-93-59-21-16-14-19-57(53)59)79(118)97-60(32-33-90)81(120)101-64(38-54-45-130-72-25-17-15-20-58(54)72)86(125)105(9)69(23-13-11-2)89(128)104(67)8/h14-17,19-21,25-29,42,45,48-50,52,56,60-70,93,108-109H,10-13,18,22-24,30-41,43-44,46-47,90H2,1-9H3,(H2,91,111)(H2,92,112)(H,94,119)(H,95,123)(H,96,113)(H,97,118)(H,98,116)(H,99,122)(H,100,117)(H,101,120)(H,102,121)(H,114,115)/t49-,50+,52-,56-,60+,61+,62+,63+,64+,65+,66+,67+,68+,69+,70+/m1/s1. The molecule has 3 aliphatic rings. The Bertz CT molecular complexity index is 4910. The number of aliphatic hydroxyl groups excluding tert-OH is 1. The monoisotopic (exact) mass is 1840 g/mol. The number of hydrogen-bond acceptors (Lipinski definition) is 23. The molecule has 3 aliphatic heterocycles. The molecule has 8 rings (SSSR count). The van der Waals surface area contributed by atoms with E-state index in [2.05, 4.69) is 52.8 Å². The van der Waals surface area contributed by atoms with Gasteiger partial charge in [0.2, 0.25) is 94.5 Å². The van der Waals surface area contributed by atoms with Crippen LogP contribution in [0.4, 0.5) is 0 Å². The predicted molar refractivity (Wildman–Crippen MR) is 482 cm³/mol. The number of aromatic amines is 1. The Morgan fingerprint density at radius 1 is 0.585 bits per heavy atom. The number of likely N-dealkylation sites (N-methyl/N-ethyl adjacent to an activating group) is 3. The number of hydrogen-bond donors (Lipinski definition) is 16. The molecule has 708 valence electrons. The summed E-state index contributed by atoms with van der Waals surface area (Å²) in [5, 5.41) is 58.4. The molecule has 0 unspecified atom stereocenters. The number of carboxylic acid groups (broad SMARTS) is 1. The Morgan fingerprint density at radius 2 is 1.19 bits per heavy atom. The van der Waals surface area contributed by atoms with Crippen LogP contribution in [0, 0.1) is 11.8 Å². The van der Waals surface area contributed by atoms with Crippen molar-refractivity contribution in [1.82, 2.24) is 77.3 Å². The molecule has 130 heavy (non-hydrogen) atoms. The van der Waals surface area contributed by atoms with Crippen LogP contribution in [0.3, 0.4) is 0 Å². The maximum absolute atomic E-state index is 15.8. The number of thioether (sulfide) groups is 1. The van der Waals surface area contributed by atoms with Gasteiger partial charge in [-0.05, 0) is 129 Å². The van der Waals surface area contributed by atoms with E-state index >= 15 is 33.6 Å². The summed E-state index contributed by atoms with van der Waals surface area (Å²) < 4.78 is 0.842. The highest BCUT2D eigenvalue weighted by molar-refractivity contribution is 8.00. The highest BCUT2D eigenvalue weighted by atomic mass is 32.2. The number of primary amides is 2. The van der Waals surface area contributed by atoms with Gasteiger partial charge in [-0.3, -0.25) is 86.3 Å². The molecule has 3 saturated heterocycles. The number of ketones is 1. The number of phenols is 1. The number of benzene rings is 3. The lowest BCUT2D eigenvalue weighted by atomic mass is 9.90. The maximum Gasteiger partial charge on any atom is 0.303 e. The minimum absolute atomic E-state index is 0.0236. The van der Waals surface area contributed by atoms with Gasteiger partial charge in [0.25, 0.3) is 0 Å². The van der Waals surface area contributed by atoms with Crippen LogP contribution >= 0.6 is 23.1 Å². The van der Waals surface area contributed by atoms with Crippen LogP contribution in [0.15, 0.2) is 84.4 Å². The summed E-state index contributed by atoms with van der Waals surface area (Å²) in [5.74, 6) is -19.5. The van der Waals surface area contributed by atoms with Crippen LogP contribution in [-0.4, -0.2) is 295 Å². The van der Waals surface area contributed by atoms with Gasteiger partial charge in [-0.2, -0.15) is 0 Å². The van der Waals surface area contributed by atoms with Gasteiger partial charge < -0.3 is 110 Å². The van der Waals surface area contributed by atoms with Crippen molar-refractivity contribution >= 4 is 150 Å². The summed E-state index contributed by atoms with van der Waals surface area (Å²) in [5.41, 5.74) is 19.6. The Balaban J connectivity index is 1.18. The number of aromatic hydroxyl groups is 1. The maximum atomic E-state index is 15.8. The van der Waals surface area contributed by atoms with Crippen molar-refractivity contribution in [3.63, 3.8) is 0 Å². The van der Waals surface area contributed by atoms with Gasteiger partial charge in [-0.15, -0.1) is 23.1 Å². The number of phenolic OH excluding ortho intramolecular Hbond substituents is 1. The number of thiophene rings is 1. The first-order chi connectivity index (χ1) is 61.7. The second-order valence-corrected chi connectivity index (χ2v) is 35.9. The number of carbonyl (C=O) groups excluding carboxylic acids is 17. The molecule has 0 aliphatic carbocycles. The predicted octanol–water partition coefficient (Wildman–Crippen LogP) is -0.0927. The number of aromatic nitrogens is 1. The van der Waals surface area contributed by atoms with E-state index in [1.165, 1.54) is 80.4 Å². The first-order valence-electron chi connectivity index (χ1n) is 43.9. The molecule has 0 saturated carbocycles. The van der Waals surface area contributed by atoms with E-state index in [4.69, 9.17) is 17.2 Å². The van der Waals surface area contributed by atoms with E-state index in [0.717, 1.165) is 36.5 Å². The number of para-hydroxylation sites is 1. The van der Waals surface area contributed by atoms with Gasteiger partial charge in [0, 0.05) is 99.8 Å². The third-order valence-corrected chi connectivity index (χ3v) is 25.6. The number of H-pyrrole nitrogens is 1. The molecule has 5 heterocycles. The van der Waals surface area contributed by atoms with Crippen molar-refractivity contribution in [2.24, 2.45) is 29.0 Å². The first-order valence-corrected chi connectivity index (χ1v) is 45.9. The lowest BCUT2D eigenvalue weighted by molar-refractivity contribution is -0.149. The average molecular weight is 1850 g/mol. The van der Waals surface area contributed by atoms with Crippen molar-refractivity contribution in [2.75, 3.05) is 58.8 Å². The highest BCUT2D eigenvalue weighted by Gasteiger charge is 2.46. The van der Waals surface area contributed by atoms with E-state index in [-0.39, 0.29) is 89.0 Å². The minimum Gasteiger partial charge on any atom is -0.508 e. The number of fused-ring (bicyclic) bond motifs is 4. The molecule has 5 aromatic rings. The Kier molecular flexibility index (Phi) is 39.0. The van der Waals surface area contributed by atoms with Crippen molar-refractivity contribution in [2.45, 2.75) is 242 Å². The summed E-state index contributed by atoms with van der Waals surface area (Å²) in [6.07, 6.45) is -1.78. The largest absolute Gasteiger partial charge is 0.508 e. The second-order valence-electron chi connectivity index (χ2n) is 33.9. The lowest BCUT2D eigenvalue weighted by Gasteiger charge is -2.36. The normalized spacial score (nSPS) is 25.4. The van der Waals surface area contributed by atoms with Crippen LogP contribution in [0.1, 0.15) is 155 Å². The summed E-state index contributed by atoms with van der Waals surface area (Å²) in [7, 11) is 4.00. The van der Waals surface area contributed by atoms with Gasteiger partial charge in [0.1, 0.15) is 78.3 Å². The molecule has 0 spiro atoms. The van der Waals surface area contributed by atoms with Gasteiger partial charge in [-0.25, -0.2) is 0 Å². The number of aliphatic hydroxyl groups is 1. The fraction of sp³-hybridized carbons (Fsp3) is 0.551. The van der Waals surface area contributed by atoms with E-state index in [1.807, 2.05) is 37.4 Å². The number of carbonyl (C=O) groups is 18. The Labute approximate surface area is 761 Å². The summed E-state index contributed by atoms with van der Waals surface area (Å²) in [6.45, 7) is 8.21. The number of nitrogens with two attached hydrogens (primary N) is 3. The molecule has 16 amide bonds. The molecule has 3 aromatic carbocycles. The molecule has 15 atom stereocenters. The number of nitrogens with zero attached hydrogens (tertiary/aromatic N) is 5. The van der Waals surface area contributed by atoms with Crippen molar-refractivity contribution < 1.29 is 102 Å². The summed E-state index contributed by atoms with van der Waals surface area (Å²) in [4.78, 5) is 269. The third kappa shape index (κ3) is 28.7. The Morgan fingerprint density at radius 3 is 1.85 bits per heavy atom. The van der Waals surface area contributed by atoms with Crippen LogP contribution in [0.25, 0.3) is 21.0 Å². The summed E-state index contributed by atoms with van der Waals surface area (Å²) in [6, 6.07) is 0.449. The second kappa shape index (κ2) is 49.1. The molecule has 0 radical (unpaired) electrons. The zero-order chi connectivity index (χ0) is 95.5.